The van der Waals surface area contributed by atoms with E-state index in [4.69, 9.17) is 9.47 Å². The van der Waals surface area contributed by atoms with Crippen molar-refractivity contribution in [3.8, 4) is 5.75 Å². The molecule has 0 unspecified atom stereocenters. The standard InChI is InChI=1S/C23H26N2O6/c1-30-18-11-9-16(10-12-18)14-19(22(27)28)24-21(26)20-8-5-13-25(20)23(29)31-15-17-6-3-2-4-7-17/h2-4,6-7,9-12,19-20H,5,8,13-15H2,1H3,(H,24,26)(H,27,28)/t19-,20+/m0/s1. The van der Waals surface area contributed by atoms with Gasteiger partial charge >= 0.3 is 12.1 Å². The molecule has 2 aromatic carbocycles. The average molecular weight is 426 g/mol. The van der Waals surface area contributed by atoms with E-state index in [0.717, 1.165) is 11.1 Å². The zero-order valence-corrected chi connectivity index (χ0v) is 17.3. The fourth-order valence-electron chi connectivity index (χ4n) is 3.53. The van der Waals surface area contributed by atoms with Gasteiger partial charge in [-0.2, -0.15) is 0 Å². The van der Waals surface area contributed by atoms with Crippen LogP contribution in [0.5, 0.6) is 5.75 Å². The van der Waals surface area contributed by atoms with E-state index in [-0.39, 0.29) is 13.0 Å². The average Bonchev–Trinajstić information content (AvgIpc) is 3.28. The summed E-state index contributed by atoms with van der Waals surface area (Å²) >= 11 is 0. The lowest BCUT2D eigenvalue weighted by Crippen LogP contribution is -2.51. The van der Waals surface area contributed by atoms with Crippen molar-refractivity contribution in [2.45, 2.75) is 38.0 Å². The number of hydrogen-bond donors (Lipinski definition) is 2. The lowest BCUT2D eigenvalue weighted by Gasteiger charge is -2.25. The Morgan fingerprint density at radius 2 is 1.81 bits per heavy atom. The second kappa shape index (κ2) is 10.5. The number of carbonyl (C=O) groups excluding carboxylic acids is 2. The van der Waals surface area contributed by atoms with Gasteiger partial charge in [0, 0.05) is 13.0 Å². The van der Waals surface area contributed by atoms with Crippen molar-refractivity contribution in [3.05, 3.63) is 65.7 Å². The smallest absolute Gasteiger partial charge is 0.410 e. The number of rotatable bonds is 8. The summed E-state index contributed by atoms with van der Waals surface area (Å²) in [5.41, 5.74) is 1.60. The molecule has 0 bridgehead atoms. The van der Waals surface area contributed by atoms with Crippen LogP contribution in [0.2, 0.25) is 0 Å². The summed E-state index contributed by atoms with van der Waals surface area (Å²) < 4.78 is 10.4. The summed E-state index contributed by atoms with van der Waals surface area (Å²) in [6.45, 7) is 0.502. The van der Waals surface area contributed by atoms with Crippen molar-refractivity contribution >= 4 is 18.0 Å². The Bertz CT molecular complexity index is 900. The molecule has 2 atom stereocenters. The lowest BCUT2D eigenvalue weighted by molar-refractivity contribution is -0.142. The third-order valence-electron chi connectivity index (χ3n) is 5.21. The molecule has 8 heteroatoms. The highest BCUT2D eigenvalue weighted by Gasteiger charge is 2.36. The van der Waals surface area contributed by atoms with E-state index >= 15 is 0 Å². The third-order valence-corrected chi connectivity index (χ3v) is 5.21. The largest absolute Gasteiger partial charge is 0.497 e. The monoisotopic (exact) mass is 426 g/mol. The van der Waals surface area contributed by atoms with Crippen LogP contribution in [0.3, 0.4) is 0 Å². The third kappa shape index (κ3) is 5.97. The number of likely N-dealkylation sites (tertiary alicyclic amines) is 1. The van der Waals surface area contributed by atoms with E-state index in [0.29, 0.717) is 25.1 Å². The maximum atomic E-state index is 12.8. The molecule has 0 aliphatic carbocycles. The van der Waals surface area contributed by atoms with E-state index in [1.807, 2.05) is 30.3 Å². The fraction of sp³-hybridized carbons (Fsp3) is 0.348. The van der Waals surface area contributed by atoms with Gasteiger partial charge in [0.05, 0.1) is 7.11 Å². The van der Waals surface area contributed by atoms with Crippen molar-refractivity contribution in [2.75, 3.05) is 13.7 Å². The Morgan fingerprint density at radius 3 is 2.45 bits per heavy atom. The Hall–Kier alpha value is -3.55. The van der Waals surface area contributed by atoms with Gasteiger partial charge in [-0.25, -0.2) is 9.59 Å². The molecule has 3 rings (SSSR count). The van der Waals surface area contributed by atoms with Crippen LogP contribution in [0.1, 0.15) is 24.0 Å². The number of methoxy groups -OCH3 is 1. The van der Waals surface area contributed by atoms with Gasteiger partial charge in [-0.1, -0.05) is 42.5 Å². The zero-order valence-electron chi connectivity index (χ0n) is 17.3. The Morgan fingerprint density at radius 1 is 1.10 bits per heavy atom. The van der Waals surface area contributed by atoms with E-state index < -0.39 is 30.1 Å². The summed E-state index contributed by atoms with van der Waals surface area (Å²) in [7, 11) is 1.55. The topological polar surface area (TPSA) is 105 Å². The van der Waals surface area contributed by atoms with Crippen molar-refractivity contribution in [3.63, 3.8) is 0 Å². The maximum absolute atomic E-state index is 12.8. The number of carboxylic acids is 1. The maximum Gasteiger partial charge on any atom is 0.410 e. The zero-order chi connectivity index (χ0) is 22.2. The Labute approximate surface area is 180 Å². The summed E-state index contributed by atoms with van der Waals surface area (Å²) in [5.74, 6) is -0.967. The van der Waals surface area contributed by atoms with Crippen LogP contribution < -0.4 is 10.1 Å². The predicted octanol–water partition coefficient (Wildman–Crippen LogP) is 2.61. The van der Waals surface area contributed by atoms with Gasteiger partial charge in [-0.05, 0) is 36.1 Å². The summed E-state index contributed by atoms with van der Waals surface area (Å²) in [6, 6.07) is 14.4. The molecule has 0 aromatic heterocycles. The molecule has 0 radical (unpaired) electrons. The molecule has 1 aliphatic heterocycles. The lowest BCUT2D eigenvalue weighted by atomic mass is 10.0. The summed E-state index contributed by atoms with van der Waals surface area (Å²) in [4.78, 5) is 38.4. The van der Waals surface area contributed by atoms with E-state index in [1.54, 1.807) is 31.4 Å². The number of ether oxygens (including phenoxy) is 2. The molecular formula is C23H26N2O6. The van der Waals surface area contributed by atoms with Gasteiger partial charge in [0.1, 0.15) is 24.4 Å². The molecule has 8 nitrogen and oxygen atoms in total. The number of amides is 2. The molecule has 2 aromatic rings. The van der Waals surface area contributed by atoms with Crippen molar-refractivity contribution in [1.82, 2.24) is 10.2 Å². The molecule has 2 N–H and O–H groups in total. The van der Waals surface area contributed by atoms with E-state index in [1.165, 1.54) is 4.90 Å². The molecule has 1 heterocycles. The van der Waals surface area contributed by atoms with Crippen LogP contribution in [0.4, 0.5) is 4.79 Å². The molecule has 0 saturated carbocycles. The molecule has 31 heavy (non-hydrogen) atoms. The van der Waals surface area contributed by atoms with Crippen molar-refractivity contribution in [2.24, 2.45) is 0 Å². The van der Waals surface area contributed by atoms with Crippen LogP contribution in [0, 0.1) is 0 Å². The Balaban J connectivity index is 1.59. The number of aliphatic carboxylic acids is 1. The molecule has 164 valence electrons. The van der Waals surface area contributed by atoms with Crippen LogP contribution >= 0.6 is 0 Å². The van der Waals surface area contributed by atoms with E-state index in [9.17, 15) is 19.5 Å². The number of nitrogens with one attached hydrogen (secondary N) is 1. The number of benzene rings is 2. The van der Waals surface area contributed by atoms with Gasteiger partial charge in [-0.3, -0.25) is 9.69 Å². The number of hydrogen-bond acceptors (Lipinski definition) is 5. The normalized spacial score (nSPS) is 16.4. The minimum atomic E-state index is -1.14. The number of carboxylic acid groups (broad SMARTS) is 1. The highest BCUT2D eigenvalue weighted by Crippen LogP contribution is 2.20. The minimum Gasteiger partial charge on any atom is -0.497 e. The van der Waals surface area contributed by atoms with Gasteiger partial charge < -0.3 is 19.9 Å². The first kappa shape index (κ1) is 22.1. The minimum absolute atomic E-state index is 0.111. The fourth-order valence-corrected chi connectivity index (χ4v) is 3.53. The van der Waals surface area contributed by atoms with Gasteiger partial charge in [0.25, 0.3) is 0 Å². The molecule has 1 fully saturated rings. The SMILES string of the molecule is COc1ccc(C[C@H](NC(=O)[C@H]2CCCN2C(=O)OCc2ccccc2)C(=O)O)cc1. The Kier molecular flexibility index (Phi) is 7.48. The van der Waals surface area contributed by atoms with Gasteiger partial charge in [-0.15, -0.1) is 0 Å². The van der Waals surface area contributed by atoms with Gasteiger partial charge in [0.15, 0.2) is 0 Å². The first-order chi connectivity index (χ1) is 15.0. The van der Waals surface area contributed by atoms with Crippen LogP contribution in [0.15, 0.2) is 54.6 Å². The van der Waals surface area contributed by atoms with E-state index in [2.05, 4.69) is 5.32 Å². The van der Waals surface area contributed by atoms with Crippen molar-refractivity contribution in [1.29, 1.82) is 0 Å². The highest BCUT2D eigenvalue weighted by atomic mass is 16.6. The van der Waals surface area contributed by atoms with Crippen LogP contribution in [-0.4, -0.2) is 53.7 Å². The number of nitrogens with zero attached hydrogens (tertiary/aromatic N) is 1. The second-order valence-electron chi connectivity index (χ2n) is 7.34. The first-order valence-corrected chi connectivity index (χ1v) is 10.1. The van der Waals surface area contributed by atoms with Gasteiger partial charge in [0.2, 0.25) is 5.91 Å². The van der Waals surface area contributed by atoms with Crippen LogP contribution in [-0.2, 0) is 27.4 Å². The first-order valence-electron chi connectivity index (χ1n) is 10.1. The number of carbonyl (C=O) groups is 3. The van der Waals surface area contributed by atoms with Crippen LogP contribution in [0.25, 0.3) is 0 Å². The molecule has 0 spiro atoms. The summed E-state index contributed by atoms with van der Waals surface area (Å²) in [6.07, 6.45) is 0.648. The summed E-state index contributed by atoms with van der Waals surface area (Å²) in [5, 5.41) is 12.1. The molecule has 1 saturated heterocycles. The quantitative estimate of drug-likeness (QED) is 0.672. The predicted molar refractivity (Wildman–Crippen MR) is 113 cm³/mol. The highest BCUT2D eigenvalue weighted by molar-refractivity contribution is 5.89. The molecular weight excluding hydrogens is 400 g/mol. The molecule has 1 aliphatic rings. The molecule has 2 amide bonds. The second-order valence-corrected chi connectivity index (χ2v) is 7.34. The van der Waals surface area contributed by atoms with Crippen molar-refractivity contribution < 1.29 is 29.0 Å².